The second-order valence-electron chi connectivity index (χ2n) is 8.65. The van der Waals surface area contributed by atoms with Gasteiger partial charge in [0.1, 0.15) is 18.2 Å². The van der Waals surface area contributed by atoms with Gasteiger partial charge in [-0.2, -0.15) is 0 Å². The number of hydrogen-bond donors (Lipinski definition) is 2. The molecule has 9 heteroatoms. The minimum absolute atomic E-state index is 0.404. The van der Waals surface area contributed by atoms with E-state index in [1.807, 2.05) is 13.0 Å². The van der Waals surface area contributed by atoms with Crippen LogP contribution in [-0.2, 0) is 23.9 Å². The molecule has 3 amide bonds. The molecule has 182 valence electrons. The Morgan fingerprint density at radius 1 is 0.971 bits per heavy atom. The first-order valence-corrected chi connectivity index (χ1v) is 10.8. The van der Waals surface area contributed by atoms with Crippen LogP contribution >= 0.6 is 0 Å². The zero-order chi connectivity index (χ0) is 25.3. The van der Waals surface area contributed by atoms with E-state index in [9.17, 15) is 19.2 Å². The number of anilines is 2. The van der Waals surface area contributed by atoms with E-state index in [0.29, 0.717) is 11.4 Å². The molecule has 2 N–H and O–H groups in total. The Morgan fingerprint density at radius 2 is 1.65 bits per heavy atom. The van der Waals surface area contributed by atoms with Crippen molar-refractivity contribution in [3.05, 3.63) is 60.2 Å². The van der Waals surface area contributed by atoms with Crippen LogP contribution in [0.3, 0.4) is 0 Å². The van der Waals surface area contributed by atoms with Crippen molar-refractivity contribution in [2.75, 3.05) is 23.9 Å². The lowest BCUT2D eigenvalue weighted by molar-refractivity contribution is -0.153. The Bertz CT molecular complexity index is 1020. The van der Waals surface area contributed by atoms with Crippen molar-refractivity contribution in [3.63, 3.8) is 0 Å². The van der Waals surface area contributed by atoms with Gasteiger partial charge in [-0.1, -0.05) is 30.3 Å². The van der Waals surface area contributed by atoms with E-state index in [1.165, 1.54) is 12.0 Å². The topological polar surface area (TPSA) is 114 Å². The van der Waals surface area contributed by atoms with Crippen LogP contribution in [-0.4, -0.2) is 49.2 Å². The third-order valence-electron chi connectivity index (χ3n) is 4.52. The summed E-state index contributed by atoms with van der Waals surface area (Å²) in [4.78, 5) is 51.9. The highest BCUT2D eigenvalue weighted by Crippen LogP contribution is 2.18. The summed E-state index contributed by atoms with van der Waals surface area (Å²) >= 11 is 0. The molecule has 34 heavy (non-hydrogen) atoms. The number of carbonyl (C=O) groups is 4. The summed E-state index contributed by atoms with van der Waals surface area (Å²) in [6.45, 7) is 6.63. The first kappa shape index (κ1) is 26.4. The molecule has 1 atom stereocenters. The number of nitrogens with one attached hydrogen (secondary N) is 2. The molecule has 0 spiro atoms. The average Bonchev–Trinajstić information content (AvgIpc) is 2.75. The van der Waals surface area contributed by atoms with E-state index in [1.54, 1.807) is 69.3 Å². The fraction of sp³-hybridized carbons (Fsp3) is 0.360. The number of benzene rings is 2. The molecule has 0 aliphatic rings. The molecule has 0 bridgehead atoms. The summed E-state index contributed by atoms with van der Waals surface area (Å²) in [5.41, 5.74) is 1.12. The van der Waals surface area contributed by atoms with E-state index in [4.69, 9.17) is 9.47 Å². The van der Waals surface area contributed by atoms with Crippen LogP contribution in [0.15, 0.2) is 54.6 Å². The molecule has 2 aromatic rings. The number of carbonyl (C=O) groups excluding carboxylic acids is 4. The van der Waals surface area contributed by atoms with Gasteiger partial charge >= 0.3 is 18.0 Å². The molecule has 0 heterocycles. The third-order valence-corrected chi connectivity index (χ3v) is 4.52. The Labute approximate surface area is 199 Å². The highest BCUT2D eigenvalue weighted by molar-refractivity contribution is 6.04. The fourth-order valence-electron chi connectivity index (χ4n) is 3.09. The van der Waals surface area contributed by atoms with Crippen molar-refractivity contribution in [3.8, 4) is 0 Å². The van der Waals surface area contributed by atoms with Gasteiger partial charge in [-0.3, -0.25) is 19.3 Å². The quantitative estimate of drug-likeness (QED) is 0.573. The predicted octanol–water partition coefficient (Wildman–Crippen LogP) is 3.42. The van der Waals surface area contributed by atoms with E-state index >= 15 is 0 Å². The van der Waals surface area contributed by atoms with Crippen molar-refractivity contribution in [1.29, 1.82) is 0 Å². The summed E-state index contributed by atoms with van der Waals surface area (Å²) in [7, 11) is 1.19. The number of aryl methyl sites for hydroxylation is 1. The highest BCUT2D eigenvalue weighted by atomic mass is 16.6. The number of methoxy groups -OCH3 is 1. The second kappa shape index (κ2) is 11.8. The molecule has 0 aliphatic carbocycles. The maximum atomic E-state index is 13.5. The van der Waals surface area contributed by atoms with Gasteiger partial charge in [0, 0.05) is 11.4 Å². The van der Waals surface area contributed by atoms with Gasteiger partial charge in [-0.05, 0) is 57.5 Å². The van der Waals surface area contributed by atoms with Crippen LogP contribution in [0.4, 0.5) is 16.2 Å². The molecule has 2 aromatic carbocycles. The third kappa shape index (κ3) is 8.57. The zero-order valence-electron chi connectivity index (χ0n) is 20.1. The van der Waals surface area contributed by atoms with Crippen LogP contribution < -0.4 is 15.5 Å². The van der Waals surface area contributed by atoms with Crippen LogP contribution in [0.1, 0.15) is 32.8 Å². The molecule has 1 unspecified atom stereocenters. The maximum absolute atomic E-state index is 13.5. The fourth-order valence-corrected chi connectivity index (χ4v) is 3.09. The molecule has 9 nitrogen and oxygen atoms in total. The maximum Gasteiger partial charge on any atom is 0.326 e. The summed E-state index contributed by atoms with van der Waals surface area (Å²) in [5, 5.41) is 5.17. The predicted molar refractivity (Wildman–Crippen MR) is 128 cm³/mol. The van der Waals surface area contributed by atoms with Gasteiger partial charge in [-0.25, -0.2) is 4.79 Å². The summed E-state index contributed by atoms with van der Waals surface area (Å²) in [5.74, 6) is -1.99. The Morgan fingerprint density at radius 3 is 2.24 bits per heavy atom. The molecular weight excluding hydrogens is 438 g/mol. The van der Waals surface area contributed by atoms with E-state index in [0.717, 1.165) is 5.56 Å². The minimum Gasteiger partial charge on any atom is -0.469 e. The second-order valence-corrected chi connectivity index (χ2v) is 8.65. The largest absolute Gasteiger partial charge is 0.469 e. The number of urea groups is 1. The first-order chi connectivity index (χ1) is 16.0. The van der Waals surface area contributed by atoms with Gasteiger partial charge in [0.25, 0.3) is 5.91 Å². The van der Waals surface area contributed by atoms with Crippen molar-refractivity contribution >= 4 is 35.3 Å². The van der Waals surface area contributed by atoms with Crippen molar-refractivity contribution in [1.82, 2.24) is 5.32 Å². The normalized spacial score (nSPS) is 11.7. The van der Waals surface area contributed by atoms with E-state index < -0.39 is 48.5 Å². The van der Waals surface area contributed by atoms with Crippen molar-refractivity contribution in [2.24, 2.45) is 0 Å². The molecule has 0 aliphatic heterocycles. The lowest BCUT2D eigenvalue weighted by atomic mass is 10.1. The van der Waals surface area contributed by atoms with Crippen LogP contribution in [0.5, 0.6) is 0 Å². The molecule has 2 rings (SSSR count). The standard InChI is InChI=1S/C25H31N3O6/c1-17-10-9-11-18(14-17)26-24(32)27-20(15-21(29)33-5)23(31)28(19-12-7-6-8-13-19)16-22(30)34-25(2,3)4/h6-14,20H,15-16H2,1-5H3,(H2,26,27,32). The number of rotatable bonds is 8. The Balaban J connectivity index is 2.28. The van der Waals surface area contributed by atoms with Gasteiger partial charge in [-0.15, -0.1) is 0 Å². The smallest absolute Gasteiger partial charge is 0.326 e. The minimum atomic E-state index is -1.29. The zero-order valence-corrected chi connectivity index (χ0v) is 20.1. The van der Waals surface area contributed by atoms with Crippen molar-refractivity contribution < 1.29 is 28.7 Å². The molecule has 0 radical (unpaired) electrons. The number of nitrogens with zero attached hydrogens (tertiary/aromatic N) is 1. The number of esters is 2. The monoisotopic (exact) mass is 469 g/mol. The summed E-state index contributed by atoms with van der Waals surface area (Å²) in [6, 6.07) is 13.6. The number of amides is 3. The molecular formula is C25H31N3O6. The number of ether oxygens (including phenoxy) is 2. The Hall–Kier alpha value is -3.88. The molecule has 0 aromatic heterocycles. The van der Waals surface area contributed by atoms with Gasteiger partial charge in [0.2, 0.25) is 0 Å². The van der Waals surface area contributed by atoms with E-state index in [2.05, 4.69) is 10.6 Å². The lowest BCUT2D eigenvalue weighted by Gasteiger charge is -2.28. The molecule has 0 saturated carbocycles. The van der Waals surface area contributed by atoms with Crippen LogP contribution in [0.2, 0.25) is 0 Å². The van der Waals surface area contributed by atoms with Gasteiger partial charge < -0.3 is 20.1 Å². The molecule has 0 saturated heterocycles. The van der Waals surface area contributed by atoms with E-state index in [-0.39, 0.29) is 0 Å². The average molecular weight is 470 g/mol. The SMILES string of the molecule is COC(=O)CC(NC(=O)Nc1cccc(C)c1)C(=O)N(CC(=O)OC(C)(C)C)c1ccccc1. The van der Waals surface area contributed by atoms with Crippen LogP contribution in [0, 0.1) is 6.92 Å². The van der Waals surface area contributed by atoms with Gasteiger partial charge in [0.15, 0.2) is 0 Å². The summed E-state index contributed by atoms with van der Waals surface area (Å²) in [6.07, 6.45) is -0.422. The van der Waals surface area contributed by atoms with Gasteiger partial charge in [0.05, 0.1) is 13.5 Å². The lowest BCUT2D eigenvalue weighted by Crippen LogP contribution is -2.52. The Kier molecular flexibility index (Phi) is 9.18. The van der Waals surface area contributed by atoms with Crippen LogP contribution in [0.25, 0.3) is 0 Å². The number of para-hydroxylation sites is 1. The number of hydrogen-bond acceptors (Lipinski definition) is 6. The molecule has 0 fully saturated rings. The summed E-state index contributed by atoms with van der Waals surface area (Å²) < 4.78 is 10.1. The van der Waals surface area contributed by atoms with Crippen molar-refractivity contribution in [2.45, 2.75) is 45.8 Å². The first-order valence-electron chi connectivity index (χ1n) is 10.8. The highest BCUT2D eigenvalue weighted by Gasteiger charge is 2.32.